The summed E-state index contributed by atoms with van der Waals surface area (Å²) < 4.78 is 7.19. The minimum Gasteiger partial charge on any atom is -0.458 e. The molecule has 0 aliphatic rings. The molecule has 128 valence electrons. The molecule has 25 heavy (non-hydrogen) atoms. The Balaban J connectivity index is 1.70. The summed E-state index contributed by atoms with van der Waals surface area (Å²) in [7, 11) is 1.91. The zero-order valence-electron chi connectivity index (χ0n) is 13.9. The van der Waals surface area contributed by atoms with Crippen LogP contribution in [0.2, 0.25) is 5.15 Å². The SMILES string of the molecule is CSc1ccc2cc(COC(=O)C=Cc3cccn3C)c(Cl)nc2c1. The number of thioether (sulfide) groups is 1. The van der Waals surface area contributed by atoms with Crippen molar-refractivity contribution in [3.63, 3.8) is 0 Å². The zero-order valence-corrected chi connectivity index (χ0v) is 15.5. The summed E-state index contributed by atoms with van der Waals surface area (Å²) in [5.41, 5.74) is 2.44. The molecule has 0 aliphatic heterocycles. The molecule has 0 saturated carbocycles. The van der Waals surface area contributed by atoms with Gasteiger partial charge in [0.2, 0.25) is 0 Å². The molecule has 2 aromatic heterocycles. The second kappa shape index (κ2) is 7.76. The van der Waals surface area contributed by atoms with Crippen LogP contribution in [0.5, 0.6) is 0 Å². The van der Waals surface area contributed by atoms with Crippen LogP contribution in [0.15, 0.2) is 53.6 Å². The first kappa shape index (κ1) is 17.6. The lowest BCUT2D eigenvalue weighted by Gasteiger charge is -2.07. The molecule has 0 amide bonds. The molecule has 6 heteroatoms. The summed E-state index contributed by atoms with van der Waals surface area (Å²) in [6.07, 6.45) is 7.04. The first-order valence-electron chi connectivity index (χ1n) is 7.66. The van der Waals surface area contributed by atoms with Crippen LogP contribution in [0, 0.1) is 0 Å². The summed E-state index contributed by atoms with van der Waals surface area (Å²) in [5, 5.41) is 1.32. The molecular formula is C19H17ClN2O2S. The standard InChI is InChI=1S/C19H17ClN2O2S/c1-22-9-3-4-15(22)6-8-18(23)24-12-14-10-13-5-7-16(25-2)11-17(13)21-19(14)20/h3-11H,12H2,1-2H3. The number of rotatable bonds is 5. The average Bonchev–Trinajstić information content (AvgIpc) is 3.02. The molecule has 0 saturated heterocycles. The second-order valence-electron chi connectivity index (χ2n) is 5.48. The Kier molecular flexibility index (Phi) is 5.46. The molecule has 4 nitrogen and oxygen atoms in total. The Morgan fingerprint density at radius 2 is 2.20 bits per heavy atom. The number of hydrogen-bond acceptors (Lipinski definition) is 4. The first-order valence-corrected chi connectivity index (χ1v) is 9.26. The van der Waals surface area contributed by atoms with E-state index in [0.29, 0.717) is 10.7 Å². The number of fused-ring (bicyclic) bond motifs is 1. The summed E-state index contributed by atoms with van der Waals surface area (Å²) in [5.74, 6) is -0.421. The highest BCUT2D eigenvalue weighted by molar-refractivity contribution is 7.98. The van der Waals surface area contributed by atoms with Crippen molar-refractivity contribution in [2.45, 2.75) is 11.5 Å². The van der Waals surface area contributed by atoms with E-state index in [9.17, 15) is 4.79 Å². The lowest BCUT2D eigenvalue weighted by molar-refractivity contribution is -0.138. The number of pyridine rings is 1. The largest absolute Gasteiger partial charge is 0.458 e. The van der Waals surface area contributed by atoms with E-state index < -0.39 is 5.97 Å². The van der Waals surface area contributed by atoms with E-state index in [4.69, 9.17) is 16.3 Å². The number of carbonyl (C=O) groups excluding carboxylic acids is 1. The topological polar surface area (TPSA) is 44.1 Å². The predicted octanol–water partition coefficient (Wildman–Crippen LogP) is 4.71. The average molecular weight is 373 g/mol. The molecule has 0 N–H and O–H groups in total. The van der Waals surface area contributed by atoms with Crippen LogP contribution in [0.25, 0.3) is 17.0 Å². The van der Waals surface area contributed by atoms with Crippen molar-refractivity contribution >= 4 is 46.3 Å². The number of halogens is 1. The smallest absolute Gasteiger partial charge is 0.331 e. The molecule has 0 bridgehead atoms. The van der Waals surface area contributed by atoms with Crippen molar-refractivity contribution in [3.05, 3.63) is 65.1 Å². The van der Waals surface area contributed by atoms with E-state index in [0.717, 1.165) is 21.5 Å². The van der Waals surface area contributed by atoms with Crippen molar-refractivity contribution in [3.8, 4) is 0 Å². The maximum atomic E-state index is 11.9. The Labute approximate surface area is 155 Å². The van der Waals surface area contributed by atoms with E-state index in [1.54, 1.807) is 17.8 Å². The lowest BCUT2D eigenvalue weighted by atomic mass is 10.2. The third kappa shape index (κ3) is 4.24. The van der Waals surface area contributed by atoms with Crippen LogP contribution in [0.4, 0.5) is 0 Å². The van der Waals surface area contributed by atoms with Gasteiger partial charge < -0.3 is 9.30 Å². The van der Waals surface area contributed by atoms with Gasteiger partial charge in [-0.05, 0) is 42.7 Å². The summed E-state index contributed by atoms with van der Waals surface area (Å²) >= 11 is 7.88. The number of hydrogen-bond donors (Lipinski definition) is 0. The highest BCUT2D eigenvalue weighted by Gasteiger charge is 2.08. The van der Waals surface area contributed by atoms with Crippen LogP contribution in [-0.4, -0.2) is 21.8 Å². The molecule has 0 radical (unpaired) electrons. The fourth-order valence-corrected chi connectivity index (χ4v) is 3.03. The Morgan fingerprint density at radius 3 is 2.92 bits per heavy atom. The van der Waals surface area contributed by atoms with E-state index in [1.807, 2.05) is 60.5 Å². The molecule has 1 aromatic carbocycles. The highest BCUT2D eigenvalue weighted by Crippen LogP contribution is 2.25. The third-order valence-corrected chi connectivity index (χ3v) is 4.85. The summed E-state index contributed by atoms with van der Waals surface area (Å²) in [6, 6.07) is 11.7. The Hall–Kier alpha value is -2.24. The van der Waals surface area contributed by atoms with Gasteiger partial charge >= 0.3 is 5.97 Å². The minimum atomic E-state index is -0.421. The molecule has 0 unspecified atom stereocenters. The van der Waals surface area contributed by atoms with Gasteiger partial charge in [-0.3, -0.25) is 0 Å². The number of benzene rings is 1. The monoisotopic (exact) mass is 372 g/mol. The number of nitrogens with zero attached hydrogens (tertiary/aromatic N) is 2. The van der Waals surface area contributed by atoms with E-state index in [-0.39, 0.29) is 6.61 Å². The van der Waals surface area contributed by atoms with Crippen molar-refractivity contribution in [2.24, 2.45) is 7.05 Å². The molecule has 0 spiro atoms. The summed E-state index contributed by atoms with van der Waals surface area (Å²) in [4.78, 5) is 17.4. The predicted molar refractivity (Wildman–Crippen MR) is 103 cm³/mol. The lowest BCUT2D eigenvalue weighted by Crippen LogP contribution is -2.02. The second-order valence-corrected chi connectivity index (χ2v) is 6.72. The minimum absolute atomic E-state index is 0.0857. The number of aryl methyl sites for hydroxylation is 1. The number of esters is 1. The van der Waals surface area contributed by atoms with Gasteiger partial charge in [0.15, 0.2) is 0 Å². The molecular weight excluding hydrogens is 356 g/mol. The van der Waals surface area contributed by atoms with Gasteiger partial charge in [0.25, 0.3) is 0 Å². The normalized spacial score (nSPS) is 11.3. The van der Waals surface area contributed by atoms with E-state index in [1.165, 1.54) is 6.08 Å². The molecule has 0 fully saturated rings. The quantitative estimate of drug-likeness (QED) is 0.282. The molecule has 3 aromatic rings. The van der Waals surface area contributed by atoms with Crippen LogP contribution < -0.4 is 0 Å². The third-order valence-electron chi connectivity index (χ3n) is 3.79. The van der Waals surface area contributed by atoms with Crippen LogP contribution in [0.3, 0.4) is 0 Å². The summed E-state index contributed by atoms with van der Waals surface area (Å²) in [6.45, 7) is 0.0857. The van der Waals surface area contributed by atoms with Gasteiger partial charge in [-0.25, -0.2) is 9.78 Å². The molecule has 2 heterocycles. The van der Waals surface area contributed by atoms with Crippen molar-refractivity contribution in [1.29, 1.82) is 0 Å². The fraction of sp³-hybridized carbons (Fsp3) is 0.158. The number of carbonyl (C=O) groups is 1. The van der Waals surface area contributed by atoms with Gasteiger partial charge in [0.05, 0.1) is 5.52 Å². The maximum Gasteiger partial charge on any atom is 0.331 e. The first-order chi connectivity index (χ1) is 12.1. The molecule has 0 atom stereocenters. The Bertz CT molecular complexity index is 950. The Morgan fingerprint density at radius 1 is 1.36 bits per heavy atom. The van der Waals surface area contributed by atoms with Gasteiger partial charge in [0.1, 0.15) is 11.8 Å². The maximum absolute atomic E-state index is 11.9. The van der Waals surface area contributed by atoms with Gasteiger partial charge in [-0.15, -0.1) is 11.8 Å². The zero-order chi connectivity index (χ0) is 17.8. The van der Waals surface area contributed by atoms with E-state index >= 15 is 0 Å². The van der Waals surface area contributed by atoms with Crippen molar-refractivity contribution < 1.29 is 9.53 Å². The molecule has 3 rings (SSSR count). The van der Waals surface area contributed by atoms with Crippen LogP contribution in [0.1, 0.15) is 11.3 Å². The van der Waals surface area contributed by atoms with Gasteiger partial charge in [0, 0.05) is 40.9 Å². The van der Waals surface area contributed by atoms with Crippen LogP contribution in [-0.2, 0) is 23.2 Å². The van der Waals surface area contributed by atoms with E-state index in [2.05, 4.69) is 4.98 Å². The number of aromatic nitrogens is 2. The van der Waals surface area contributed by atoms with Crippen molar-refractivity contribution in [1.82, 2.24) is 9.55 Å². The highest BCUT2D eigenvalue weighted by atomic mass is 35.5. The van der Waals surface area contributed by atoms with Crippen LogP contribution >= 0.6 is 23.4 Å². The fourth-order valence-electron chi connectivity index (χ4n) is 2.39. The number of ether oxygens (including phenoxy) is 1. The van der Waals surface area contributed by atoms with Gasteiger partial charge in [-0.1, -0.05) is 17.7 Å². The molecule has 0 aliphatic carbocycles. The van der Waals surface area contributed by atoms with Gasteiger partial charge in [-0.2, -0.15) is 0 Å². The van der Waals surface area contributed by atoms with Crippen molar-refractivity contribution in [2.75, 3.05) is 6.26 Å².